The van der Waals surface area contributed by atoms with Crippen LogP contribution in [0.25, 0.3) is 0 Å². The molecule has 2 aromatic rings. The first kappa shape index (κ1) is 15.5. The van der Waals surface area contributed by atoms with E-state index in [-0.39, 0.29) is 11.9 Å². The number of benzene rings is 1. The van der Waals surface area contributed by atoms with Crippen LogP contribution in [0.4, 0.5) is 0 Å². The van der Waals surface area contributed by atoms with Gasteiger partial charge in [-0.1, -0.05) is 6.07 Å². The highest BCUT2D eigenvalue weighted by Gasteiger charge is 2.20. The lowest BCUT2D eigenvalue weighted by molar-refractivity contribution is 0.0925. The zero-order valence-electron chi connectivity index (χ0n) is 13.2. The number of nitrogens with zero attached hydrogens (tertiary/aromatic N) is 1. The maximum Gasteiger partial charge on any atom is 0.251 e. The van der Waals surface area contributed by atoms with Crippen LogP contribution in [-0.4, -0.2) is 29.5 Å². The van der Waals surface area contributed by atoms with E-state index >= 15 is 0 Å². The summed E-state index contributed by atoms with van der Waals surface area (Å²) in [5, 5.41) is 6.50. The van der Waals surface area contributed by atoms with Gasteiger partial charge in [0.05, 0.1) is 0 Å². The standard InChI is InChI=1S/C18H21N3O2/c1-13-11-15(5-10-20-13)21-18(22)14-3-2-4-17(12-14)23-16-6-8-19-9-7-16/h2-4,6-9,12-13,15,20H,5,10-11H2,1H3,(H,21,22). The minimum Gasteiger partial charge on any atom is -0.457 e. The van der Waals surface area contributed by atoms with Crippen LogP contribution in [0.5, 0.6) is 11.5 Å². The topological polar surface area (TPSA) is 63.2 Å². The molecule has 0 saturated carbocycles. The Bertz CT molecular complexity index is 660. The molecule has 0 spiro atoms. The highest BCUT2D eigenvalue weighted by Crippen LogP contribution is 2.21. The summed E-state index contributed by atoms with van der Waals surface area (Å²) in [7, 11) is 0. The van der Waals surface area contributed by atoms with Crippen molar-refractivity contribution in [3.05, 3.63) is 54.4 Å². The molecule has 1 aliphatic heterocycles. The first-order valence-corrected chi connectivity index (χ1v) is 7.93. The number of amides is 1. The molecule has 1 amide bonds. The third-order valence-electron chi connectivity index (χ3n) is 3.94. The number of carbonyl (C=O) groups excluding carboxylic acids is 1. The van der Waals surface area contributed by atoms with Crippen molar-refractivity contribution in [1.29, 1.82) is 0 Å². The number of nitrogens with one attached hydrogen (secondary N) is 2. The molecule has 2 unspecified atom stereocenters. The first-order chi connectivity index (χ1) is 11.2. The summed E-state index contributed by atoms with van der Waals surface area (Å²) >= 11 is 0. The number of piperidine rings is 1. The maximum absolute atomic E-state index is 12.4. The van der Waals surface area contributed by atoms with Crippen LogP contribution in [0.3, 0.4) is 0 Å². The molecule has 5 nitrogen and oxygen atoms in total. The van der Waals surface area contributed by atoms with Crippen molar-refractivity contribution in [1.82, 2.24) is 15.6 Å². The lowest BCUT2D eigenvalue weighted by Crippen LogP contribution is -2.46. The molecule has 23 heavy (non-hydrogen) atoms. The number of aromatic nitrogens is 1. The average molecular weight is 311 g/mol. The molecule has 1 saturated heterocycles. The second-order valence-electron chi connectivity index (χ2n) is 5.86. The Morgan fingerprint density at radius 3 is 2.87 bits per heavy atom. The Morgan fingerprint density at radius 2 is 2.09 bits per heavy atom. The van der Waals surface area contributed by atoms with Crippen LogP contribution in [0, 0.1) is 0 Å². The molecular formula is C18H21N3O2. The van der Waals surface area contributed by atoms with Gasteiger partial charge in [0.15, 0.2) is 0 Å². The van der Waals surface area contributed by atoms with Crippen LogP contribution >= 0.6 is 0 Å². The molecule has 1 fully saturated rings. The Kier molecular flexibility index (Phi) is 4.88. The smallest absolute Gasteiger partial charge is 0.251 e. The highest BCUT2D eigenvalue weighted by molar-refractivity contribution is 5.94. The zero-order chi connectivity index (χ0) is 16.1. The van der Waals surface area contributed by atoms with E-state index in [0.29, 0.717) is 23.1 Å². The summed E-state index contributed by atoms with van der Waals surface area (Å²) in [6, 6.07) is 11.5. The molecule has 2 heterocycles. The minimum atomic E-state index is -0.0516. The Labute approximate surface area is 136 Å². The van der Waals surface area contributed by atoms with Crippen LogP contribution in [0.2, 0.25) is 0 Å². The van der Waals surface area contributed by atoms with Crippen LogP contribution < -0.4 is 15.4 Å². The Balaban J connectivity index is 1.65. The summed E-state index contributed by atoms with van der Waals surface area (Å²) in [6.07, 6.45) is 5.26. The fraction of sp³-hybridized carbons (Fsp3) is 0.333. The lowest BCUT2D eigenvalue weighted by Gasteiger charge is -2.28. The molecular weight excluding hydrogens is 290 g/mol. The van der Waals surface area contributed by atoms with Gasteiger partial charge in [0, 0.05) is 30.0 Å². The van der Waals surface area contributed by atoms with Gasteiger partial charge < -0.3 is 15.4 Å². The van der Waals surface area contributed by atoms with Gasteiger partial charge in [-0.2, -0.15) is 0 Å². The second kappa shape index (κ2) is 7.24. The number of pyridine rings is 1. The molecule has 0 aliphatic carbocycles. The van der Waals surface area contributed by atoms with Gasteiger partial charge in [0.25, 0.3) is 5.91 Å². The van der Waals surface area contributed by atoms with Gasteiger partial charge in [0.2, 0.25) is 0 Å². The van der Waals surface area contributed by atoms with Gasteiger partial charge >= 0.3 is 0 Å². The molecule has 1 aliphatic rings. The summed E-state index contributed by atoms with van der Waals surface area (Å²) in [5.74, 6) is 1.29. The van der Waals surface area contributed by atoms with E-state index in [2.05, 4.69) is 22.5 Å². The van der Waals surface area contributed by atoms with Gasteiger partial charge in [-0.3, -0.25) is 9.78 Å². The number of hydrogen-bond donors (Lipinski definition) is 2. The van der Waals surface area contributed by atoms with Crippen LogP contribution in [0.15, 0.2) is 48.8 Å². The lowest BCUT2D eigenvalue weighted by atomic mass is 10.0. The van der Waals surface area contributed by atoms with Crippen molar-refractivity contribution >= 4 is 5.91 Å². The molecule has 1 aromatic carbocycles. The fourth-order valence-corrected chi connectivity index (χ4v) is 2.77. The maximum atomic E-state index is 12.4. The zero-order valence-corrected chi connectivity index (χ0v) is 13.2. The molecule has 1 aromatic heterocycles. The second-order valence-corrected chi connectivity index (χ2v) is 5.86. The van der Waals surface area contributed by atoms with Crippen LogP contribution in [-0.2, 0) is 0 Å². The van der Waals surface area contributed by atoms with Gasteiger partial charge in [-0.05, 0) is 56.6 Å². The predicted molar refractivity (Wildman–Crippen MR) is 88.7 cm³/mol. The normalized spacial score (nSPS) is 20.7. The van der Waals surface area contributed by atoms with E-state index in [1.54, 1.807) is 36.7 Å². The SMILES string of the molecule is CC1CC(NC(=O)c2cccc(Oc3ccncc3)c2)CCN1. The molecule has 2 atom stereocenters. The molecule has 0 radical (unpaired) electrons. The number of ether oxygens (including phenoxy) is 1. The predicted octanol–water partition coefficient (Wildman–Crippen LogP) is 2.74. The quantitative estimate of drug-likeness (QED) is 0.911. The Hall–Kier alpha value is -2.40. The number of hydrogen-bond acceptors (Lipinski definition) is 4. The van der Waals surface area contributed by atoms with Gasteiger partial charge in [-0.15, -0.1) is 0 Å². The monoisotopic (exact) mass is 311 g/mol. The third-order valence-corrected chi connectivity index (χ3v) is 3.94. The van der Waals surface area contributed by atoms with Crippen LogP contribution in [0.1, 0.15) is 30.1 Å². The van der Waals surface area contributed by atoms with Crippen molar-refractivity contribution in [3.63, 3.8) is 0 Å². The summed E-state index contributed by atoms with van der Waals surface area (Å²) in [6.45, 7) is 3.08. The Morgan fingerprint density at radius 1 is 1.26 bits per heavy atom. The molecule has 0 bridgehead atoms. The summed E-state index contributed by atoms with van der Waals surface area (Å²) in [5.41, 5.74) is 0.614. The van der Waals surface area contributed by atoms with E-state index in [0.717, 1.165) is 19.4 Å². The van der Waals surface area contributed by atoms with Crippen molar-refractivity contribution in [2.24, 2.45) is 0 Å². The van der Waals surface area contributed by atoms with Gasteiger partial charge in [-0.25, -0.2) is 0 Å². The van der Waals surface area contributed by atoms with Crippen molar-refractivity contribution in [2.75, 3.05) is 6.54 Å². The van der Waals surface area contributed by atoms with Crippen molar-refractivity contribution in [3.8, 4) is 11.5 Å². The molecule has 5 heteroatoms. The highest BCUT2D eigenvalue weighted by atomic mass is 16.5. The third kappa shape index (κ3) is 4.29. The van der Waals surface area contributed by atoms with E-state index in [9.17, 15) is 4.79 Å². The summed E-state index contributed by atoms with van der Waals surface area (Å²) < 4.78 is 5.75. The average Bonchev–Trinajstić information content (AvgIpc) is 2.56. The van der Waals surface area contributed by atoms with Crippen molar-refractivity contribution in [2.45, 2.75) is 31.8 Å². The van der Waals surface area contributed by atoms with E-state index < -0.39 is 0 Å². The molecule has 3 rings (SSSR count). The number of carbonyl (C=O) groups is 1. The van der Waals surface area contributed by atoms with Crippen molar-refractivity contribution < 1.29 is 9.53 Å². The first-order valence-electron chi connectivity index (χ1n) is 7.93. The van der Waals surface area contributed by atoms with E-state index in [4.69, 9.17) is 4.74 Å². The number of rotatable bonds is 4. The minimum absolute atomic E-state index is 0.0516. The largest absolute Gasteiger partial charge is 0.457 e. The molecule has 120 valence electrons. The van der Waals surface area contributed by atoms with E-state index in [1.807, 2.05) is 12.1 Å². The summed E-state index contributed by atoms with van der Waals surface area (Å²) in [4.78, 5) is 16.4. The fourth-order valence-electron chi connectivity index (χ4n) is 2.77. The van der Waals surface area contributed by atoms with Gasteiger partial charge in [0.1, 0.15) is 11.5 Å². The van der Waals surface area contributed by atoms with E-state index in [1.165, 1.54) is 0 Å². The molecule has 2 N–H and O–H groups in total.